The molecule has 1 unspecified atom stereocenters. The first kappa shape index (κ1) is 33.1. The van der Waals surface area contributed by atoms with Gasteiger partial charge < -0.3 is 24.9 Å². The molecule has 4 aromatic rings. The van der Waals surface area contributed by atoms with Crippen molar-refractivity contribution < 1.29 is 45.8 Å². The minimum Gasteiger partial charge on any atom is -0.449 e. The number of anilines is 1. The van der Waals surface area contributed by atoms with Gasteiger partial charge in [0.25, 0.3) is 10.0 Å². The van der Waals surface area contributed by atoms with Crippen LogP contribution in [-0.4, -0.2) is 53.5 Å². The second-order valence-corrected chi connectivity index (χ2v) is 12.3. The van der Waals surface area contributed by atoms with Crippen LogP contribution < -0.4 is 20.5 Å². The van der Waals surface area contributed by atoms with Crippen molar-refractivity contribution in [1.82, 2.24) is 14.9 Å². The van der Waals surface area contributed by atoms with E-state index in [0.29, 0.717) is 11.0 Å². The van der Waals surface area contributed by atoms with E-state index in [0.717, 1.165) is 0 Å². The molecular weight excluding hydrogens is 621 g/mol. The van der Waals surface area contributed by atoms with E-state index < -0.39 is 45.7 Å². The van der Waals surface area contributed by atoms with Crippen molar-refractivity contribution in [3.63, 3.8) is 0 Å². The van der Waals surface area contributed by atoms with E-state index in [1.165, 1.54) is 71.3 Å². The van der Waals surface area contributed by atoms with Gasteiger partial charge in [-0.05, 0) is 62.2 Å². The van der Waals surface area contributed by atoms with Gasteiger partial charge in [0.2, 0.25) is 0 Å². The lowest BCUT2D eigenvalue weighted by atomic mass is 9.99. The average molecular weight is 651 g/mol. The van der Waals surface area contributed by atoms with E-state index in [1.807, 2.05) is 0 Å². The SMILES string of the molecule is CC(C)(CCn1c(=O)[nH]c2cc(OC(=O)O)ccc21)NCC(OC(=O)C(F)(F)F)c1cccc(NS(=O)(=O)c2ccccc2)c1. The number of benzene rings is 3. The summed E-state index contributed by atoms with van der Waals surface area (Å²) in [6.45, 7) is 3.33. The first-order chi connectivity index (χ1) is 21.0. The summed E-state index contributed by atoms with van der Waals surface area (Å²) in [7, 11) is -4.01. The van der Waals surface area contributed by atoms with E-state index in [-0.39, 0.29) is 41.4 Å². The molecule has 0 bridgehead atoms. The molecule has 0 radical (unpaired) electrons. The first-order valence-electron chi connectivity index (χ1n) is 13.4. The highest BCUT2D eigenvalue weighted by Crippen LogP contribution is 2.27. The maximum Gasteiger partial charge on any atom is 0.511 e. The number of nitrogens with one attached hydrogen (secondary N) is 3. The molecule has 1 heterocycles. The summed E-state index contributed by atoms with van der Waals surface area (Å²) < 4.78 is 78.2. The molecule has 0 fully saturated rings. The Balaban J connectivity index is 1.51. The molecule has 1 atom stereocenters. The first-order valence-corrected chi connectivity index (χ1v) is 14.9. The Morgan fingerprint density at radius 2 is 1.73 bits per heavy atom. The number of H-pyrrole nitrogens is 1. The van der Waals surface area contributed by atoms with Crippen molar-refractivity contribution in [2.75, 3.05) is 11.3 Å². The summed E-state index contributed by atoms with van der Waals surface area (Å²) in [4.78, 5) is 37.8. The van der Waals surface area contributed by atoms with E-state index >= 15 is 0 Å². The summed E-state index contributed by atoms with van der Waals surface area (Å²) >= 11 is 0. The number of aryl methyl sites for hydroxylation is 1. The summed E-state index contributed by atoms with van der Waals surface area (Å²) in [5, 5.41) is 11.9. The molecule has 0 aliphatic heterocycles. The second-order valence-electron chi connectivity index (χ2n) is 10.6. The van der Waals surface area contributed by atoms with Gasteiger partial charge in [-0.2, -0.15) is 13.2 Å². The molecule has 4 rings (SSSR count). The molecule has 12 nitrogen and oxygen atoms in total. The molecule has 45 heavy (non-hydrogen) atoms. The predicted molar refractivity (Wildman–Crippen MR) is 156 cm³/mol. The zero-order valence-corrected chi connectivity index (χ0v) is 24.7. The second kappa shape index (κ2) is 13.0. The van der Waals surface area contributed by atoms with E-state index in [1.54, 1.807) is 19.9 Å². The van der Waals surface area contributed by atoms with Gasteiger partial charge in [0.05, 0.1) is 15.9 Å². The summed E-state index contributed by atoms with van der Waals surface area (Å²) in [6, 6.07) is 17.2. The third-order valence-electron chi connectivity index (χ3n) is 6.72. The highest BCUT2D eigenvalue weighted by atomic mass is 32.2. The molecule has 1 aromatic heterocycles. The molecule has 0 saturated heterocycles. The predicted octanol–water partition coefficient (Wildman–Crippen LogP) is 4.79. The molecular formula is C29H29F3N4O8S. The fourth-order valence-corrected chi connectivity index (χ4v) is 5.49. The number of carboxylic acid groups (broad SMARTS) is 1. The number of hydrogen-bond donors (Lipinski definition) is 4. The monoisotopic (exact) mass is 650 g/mol. The lowest BCUT2D eigenvalue weighted by Gasteiger charge is -2.29. The number of sulfonamides is 1. The number of hydrogen-bond acceptors (Lipinski definition) is 8. The van der Waals surface area contributed by atoms with Crippen LogP contribution in [0, 0.1) is 0 Å². The molecule has 16 heteroatoms. The third kappa shape index (κ3) is 8.63. The number of carbonyl (C=O) groups is 2. The Kier molecular flexibility index (Phi) is 9.58. The molecule has 4 N–H and O–H groups in total. The van der Waals surface area contributed by atoms with Gasteiger partial charge in [-0.15, -0.1) is 0 Å². The van der Waals surface area contributed by atoms with Gasteiger partial charge in [0, 0.05) is 30.4 Å². The average Bonchev–Trinajstić information content (AvgIpc) is 3.27. The number of imidazole rings is 1. The van der Waals surface area contributed by atoms with E-state index in [4.69, 9.17) is 9.84 Å². The largest absolute Gasteiger partial charge is 0.511 e. The molecule has 0 spiro atoms. The van der Waals surface area contributed by atoms with Crippen molar-refractivity contribution in [2.45, 2.75) is 49.5 Å². The van der Waals surface area contributed by atoms with Gasteiger partial charge in [-0.25, -0.2) is 22.8 Å². The van der Waals surface area contributed by atoms with Crippen molar-refractivity contribution in [1.29, 1.82) is 0 Å². The lowest BCUT2D eigenvalue weighted by Crippen LogP contribution is -2.44. The zero-order chi connectivity index (χ0) is 33.0. The van der Waals surface area contributed by atoms with Gasteiger partial charge in [0.1, 0.15) is 11.9 Å². The van der Waals surface area contributed by atoms with Crippen LogP contribution in [0.2, 0.25) is 0 Å². The maximum absolute atomic E-state index is 13.2. The highest BCUT2D eigenvalue weighted by molar-refractivity contribution is 7.92. The van der Waals surface area contributed by atoms with Crippen LogP contribution in [0.1, 0.15) is 31.9 Å². The highest BCUT2D eigenvalue weighted by Gasteiger charge is 2.42. The number of aromatic amines is 1. The minimum absolute atomic E-state index is 0.0155. The van der Waals surface area contributed by atoms with Crippen LogP contribution in [0.25, 0.3) is 11.0 Å². The number of fused-ring (bicyclic) bond motifs is 1. The number of esters is 1. The molecule has 240 valence electrons. The van der Waals surface area contributed by atoms with Gasteiger partial charge in [0.15, 0.2) is 0 Å². The van der Waals surface area contributed by atoms with Gasteiger partial charge in [-0.1, -0.05) is 30.3 Å². The molecule has 0 amide bonds. The van der Waals surface area contributed by atoms with Crippen LogP contribution in [0.4, 0.5) is 23.7 Å². The fourth-order valence-electron chi connectivity index (χ4n) is 4.42. The van der Waals surface area contributed by atoms with Crippen molar-refractivity contribution in [3.8, 4) is 5.75 Å². The van der Waals surface area contributed by atoms with E-state index in [9.17, 15) is 36.0 Å². The number of aromatic nitrogens is 2. The quantitative estimate of drug-likeness (QED) is 0.124. The van der Waals surface area contributed by atoms with Crippen molar-refractivity contribution in [2.24, 2.45) is 0 Å². The maximum atomic E-state index is 13.2. The zero-order valence-electron chi connectivity index (χ0n) is 23.9. The van der Waals surface area contributed by atoms with Crippen molar-refractivity contribution in [3.05, 3.63) is 88.8 Å². The number of halogens is 3. The molecule has 3 aromatic carbocycles. The fraction of sp³-hybridized carbons (Fsp3) is 0.276. The van der Waals surface area contributed by atoms with E-state index in [2.05, 4.69) is 19.8 Å². The molecule has 0 saturated carbocycles. The number of rotatable bonds is 12. The summed E-state index contributed by atoms with van der Waals surface area (Å²) in [6.07, 6.45) is -7.97. The van der Waals surface area contributed by atoms with Crippen LogP contribution in [0.15, 0.2) is 82.5 Å². The van der Waals surface area contributed by atoms with Crippen molar-refractivity contribution >= 4 is 38.9 Å². The molecule has 0 aliphatic rings. The standard InChI is InChI=1S/C29H29F3N4O8S/c1-28(2,13-14-36-23-12-11-20(43-27(39)40)16-22(23)34-26(36)38)33-17-24(44-25(37)29(30,31)32)18-7-6-8-19(15-18)35-45(41,42)21-9-4-3-5-10-21/h3-12,15-16,24,33,35H,13-14,17H2,1-2H3,(H,34,38)(H,39,40). The lowest BCUT2D eigenvalue weighted by molar-refractivity contribution is -0.205. The Morgan fingerprint density at radius 1 is 1.02 bits per heavy atom. The van der Waals surface area contributed by atoms with Crippen LogP contribution in [0.5, 0.6) is 5.75 Å². The number of ether oxygens (including phenoxy) is 2. The van der Waals surface area contributed by atoms with Crippen LogP contribution >= 0.6 is 0 Å². The Morgan fingerprint density at radius 3 is 2.40 bits per heavy atom. The third-order valence-corrected chi connectivity index (χ3v) is 8.12. The topological polar surface area (TPSA) is 169 Å². The van der Waals surface area contributed by atoms with Gasteiger partial charge >= 0.3 is 24.0 Å². The Bertz CT molecular complexity index is 1850. The normalized spacial score (nSPS) is 12.9. The summed E-state index contributed by atoms with van der Waals surface area (Å²) in [5.41, 5.74) is -0.340. The van der Waals surface area contributed by atoms with Gasteiger partial charge in [-0.3, -0.25) is 9.29 Å². The number of carbonyl (C=O) groups excluding carboxylic acids is 1. The Hall–Kier alpha value is -4.83. The van der Waals surface area contributed by atoms with Crippen LogP contribution in [-0.2, 0) is 26.1 Å². The number of alkyl halides is 3. The molecule has 0 aliphatic carbocycles. The summed E-state index contributed by atoms with van der Waals surface area (Å²) in [5.74, 6) is -2.40. The number of nitrogens with zero attached hydrogens (tertiary/aromatic N) is 1. The Labute approximate surface area is 254 Å². The smallest absolute Gasteiger partial charge is 0.449 e. The minimum atomic E-state index is -5.27. The van der Waals surface area contributed by atoms with Crippen LogP contribution in [0.3, 0.4) is 0 Å².